The summed E-state index contributed by atoms with van der Waals surface area (Å²) in [5.41, 5.74) is -1.09. The van der Waals surface area contributed by atoms with Crippen LogP contribution in [0.3, 0.4) is 0 Å². The van der Waals surface area contributed by atoms with Crippen molar-refractivity contribution in [3.05, 3.63) is 0 Å². The van der Waals surface area contributed by atoms with Crippen LogP contribution in [0.25, 0.3) is 0 Å². The molecule has 0 unspecified atom stereocenters. The minimum atomic E-state index is -0.800. The molecule has 0 amide bonds. The van der Waals surface area contributed by atoms with E-state index in [9.17, 15) is 9.90 Å². The van der Waals surface area contributed by atoms with Crippen molar-refractivity contribution >= 4 is 5.97 Å². The molecule has 1 rings (SSSR count). The standard InChI is InChI=1S/C11H22N2O3/c1-3-11(16,4-2)8-13-10(5-9(14)15)6-12-7-10/h12-13,16H,3-8H2,1-2H3,(H,14,15). The van der Waals surface area contributed by atoms with E-state index in [2.05, 4.69) is 10.6 Å². The molecule has 1 aliphatic heterocycles. The zero-order valence-electron chi connectivity index (χ0n) is 10.0. The van der Waals surface area contributed by atoms with Gasteiger partial charge in [-0.1, -0.05) is 13.8 Å². The predicted molar refractivity (Wildman–Crippen MR) is 61.4 cm³/mol. The lowest BCUT2D eigenvalue weighted by molar-refractivity contribution is -0.139. The largest absolute Gasteiger partial charge is 0.481 e. The average molecular weight is 230 g/mol. The number of hydrogen-bond donors (Lipinski definition) is 4. The van der Waals surface area contributed by atoms with Gasteiger partial charge >= 0.3 is 5.97 Å². The third-order valence-electron chi connectivity index (χ3n) is 3.53. The summed E-state index contributed by atoms with van der Waals surface area (Å²) >= 11 is 0. The first-order valence-corrected chi connectivity index (χ1v) is 5.85. The van der Waals surface area contributed by atoms with E-state index in [0.29, 0.717) is 32.5 Å². The van der Waals surface area contributed by atoms with E-state index in [4.69, 9.17) is 5.11 Å². The molecule has 0 aromatic carbocycles. The van der Waals surface area contributed by atoms with Crippen LogP contribution in [-0.4, -0.2) is 47.0 Å². The van der Waals surface area contributed by atoms with E-state index >= 15 is 0 Å². The van der Waals surface area contributed by atoms with Crippen molar-refractivity contribution < 1.29 is 15.0 Å². The van der Waals surface area contributed by atoms with Gasteiger partial charge in [0.1, 0.15) is 0 Å². The maximum absolute atomic E-state index is 10.7. The number of β-amino-alcohol motifs (C(OH)–C–C–N with tert-alkyl or cyclic N) is 1. The van der Waals surface area contributed by atoms with Gasteiger partial charge in [-0.05, 0) is 12.8 Å². The number of carbonyl (C=O) groups is 1. The van der Waals surface area contributed by atoms with Gasteiger partial charge in [0.15, 0.2) is 0 Å². The van der Waals surface area contributed by atoms with Crippen LogP contribution < -0.4 is 10.6 Å². The van der Waals surface area contributed by atoms with E-state index in [0.717, 1.165) is 0 Å². The Morgan fingerprint density at radius 3 is 2.31 bits per heavy atom. The fourth-order valence-electron chi connectivity index (χ4n) is 1.88. The lowest BCUT2D eigenvalue weighted by Crippen LogP contribution is -2.70. The highest BCUT2D eigenvalue weighted by Crippen LogP contribution is 2.19. The smallest absolute Gasteiger partial charge is 0.305 e. The fraction of sp³-hybridized carbons (Fsp3) is 0.909. The zero-order chi connectivity index (χ0) is 12.2. The molecule has 4 N–H and O–H groups in total. The van der Waals surface area contributed by atoms with Crippen LogP contribution >= 0.6 is 0 Å². The number of nitrogens with one attached hydrogen (secondary N) is 2. The fourth-order valence-corrected chi connectivity index (χ4v) is 1.88. The molecule has 0 aromatic rings. The Balaban J connectivity index is 2.48. The Hall–Kier alpha value is -0.650. The van der Waals surface area contributed by atoms with Crippen LogP contribution in [0.5, 0.6) is 0 Å². The van der Waals surface area contributed by atoms with Crippen LogP contribution in [0, 0.1) is 0 Å². The number of aliphatic hydroxyl groups is 1. The molecular formula is C11H22N2O3. The van der Waals surface area contributed by atoms with Gasteiger partial charge in [-0.25, -0.2) is 0 Å². The number of carboxylic acids is 1. The zero-order valence-corrected chi connectivity index (χ0v) is 10.0. The van der Waals surface area contributed by atoms with E-state index < -0.39 is 11.6 Å². The Morgan fingerprint density at radius 2 is 2.00 bits per heavy atom. The van der Waals surface area contributed by atoms with E-state index in [1.54, 1.807) is 0 Å². The molecule has 5 nitrogen and oxygen atoms in total. The molecular weight excluding hydrogens is 208 g/mol. The molecule has 1 fully saturated rings. The maximum atomic E-state index is 10.7. The van der Waals surface area contributed by atoms with Gasteiger partial charge in [-0.3, -0.25) is 4.79 Å². The van der Waals surface area contributed by atoms with Gasteiger partial charge in [-0.15, -0.1) is 0 Å². The molecule has 1 heterocycles. The quantitative estimate of drug-likeness (QED) is 0.493. The molecule has 0 bridgehead atoms. The summed E-state index contributed by atoms with van der Waals surface area (Å²) in [4.78, 5) is 10.7. The number of carboxylic acid groups (broad SMARTS) is 1. The molecule has 0 atom stereocenters. The lowest BCUT2D eigenvalue weighted by atomic mass is 9.86. The number of rotatable bonds is 7. The van der Waals surface area contributed by atoms with Crippen molar-refractivity contribution in [3.63, 3.8) is 0 Å². The number of aliphatic carboxylic acids is 1. The summed E-state index contributed by atoms with van der Waals surface area (Å²) in [5.74, 6) is -0.800. The molecule has 16 heavy (non-hydrogen) atoms. The first-order chi connectivity index (χ1) is 7.45. The van der Waals surface area contributed by atoms with Crippen molar-refractivity contribution in [3.8, 4) is 0 Å². The van der Waals surface area contributed by atoms with Crippen LogP contribution in [0.4, 0.5) is 0 Å². The van der Waals surface area contributed by atoms with Crippen molar-refractivity contribution in [1.82, 2.24) is 10.6 Å². The van der Waals surface area contributed by atoms with Gasteiger partial charge in [0.2, 0.25) is 0 Å². The monoisotopic (exact) mass is 230 g/mol. The minimum Gasteiger partial charge on any atom is -0.481 e. The summed E-state index contributed by atoms with van der Waals surface area (Å²) in [6, 6.07) is 0. The molecule has 94 valence electrons. The lowest BCUT2D eigenvalue weighted by Gasteiger charge is -2.44. The first-order valence-electron chi connectivity index (χ1n) is 5.85. The third-order valence-corrected chi connectivity index (χ3v) is 3.53. The summed E-state index contributed by atoms with van der Waals surface area (Å²) in [5, 5.41) is 25.2. The second-order valence-electron chi connectivity index (χ2n) is 4.74. The summed E-state index contributed by atoms with van der Waals surface area (Å²) in [7, 11) is 0. The maximum Gasteiger partial charge on any atom is 0.305 e. The van der Waals surface area contributed by atoms with Crippen LogP contribution in [0.15, 0.2) is 0 Å². The van der Waals surface area contributed by atoms with Gasteiger partial charge in [0, 0.05) is 19.6 Å². The van der Waals surface area contributed by atoms with Gasteiger partial charge in [0.05, 0.1) is 17.6 Å². The highest BCUT2D eigenvalue weighted by Gasteiger charge is 2.40. The summed E-state index contributed by atoms with van der Waals surface area (Å²) in [6.45, 7) is 5.64. The molecule has 1 saturated heterocycles. The number of hydrogen-bond acceptors (Lipinski definition) is 4. The second kappa shape index (κ2) is 5.12. The van der Waals surface area contributed by atoms with Gasteiger partial charge in [0.25, 0.3) is 0 Å². The SMILES string of the molecule is CCC(O)(CC)CNC1(CC(=O)O)CNC1. The van der Waals surface area contributed by atoms with Crippen molar-refractivity contribution in [2.75, 3.05) is 19.6 Å². The Morgan fingerprint density at radius 1 is 1.44 bits per heavy atom. The van der Waals surface area contributed by atoms with E-state index in [1.807, 2.05) is 13.8 Å². The van der Waals surface area contributed by atoms with Crippen molar-refractivity contribution in [2.45, 2.75) is 44.2 Å². The molecule has 0 radical (unpaired) electrons. The molecule has 1 aliphatic rings. The minimum absolute atomic E-state index is 0.101. The van der Waals surface area contributed by atoms with Gasteiger partial charge < -0.3 is 20.8 Å². The van der Waals surface area contributed by atoms with Crippen LogP contribution in [-0.2, 0) is 4.79 Å². The molecule has 5 heteroatoms. The average Bonchev–Trinajstić information content (AvgIpc) is 2.21. The topological polar surface area (TPSA) is 81.6 Å². The normalized spacial score (nSPS) is 19.2. The Kier molecular flexibility index (Phi) is 4.29. The van der Waals surface area contributed by atoms with E-state index in [1.165, 1.54) is 0 Å². The molecule has 0 spiro atoms. The van der Waals surface area contributed by atoms with Crippen molar-refractivity contribution in [1.29, 1.82) is 0 Å². The summed E-state index contributed by atoms with van der Waals surface area (Å²) < 4.78 is 0. The Labute approximate surface area is 96.2 Å². The summed E-state index contributed by atoms with van der Waals surface area (Å²) in [6.07, 6.45) is 1.45. The highest BCUT2D eigenvalue weighted by molar-refractivity contribution is 5.68. The third kappa shape index (κ3) is 3.17. The molecule has 0 aliphatic carbocycles. The predicted octanol–water partition coefficient (Wildman–Crippen LogP) is -0.0562. The second-order valence-corrected chi connectivity index (χ2v) is 4.74. The van der Waals surface area contributed by atoms with Crippen LogP contribution in [0.2, 0.25) is 0 Å². The van der Waals surface area contributed by atoms with Crippen molar-refractivity contribution in [2.24, 2.45) is 0 Å². The molecule has 0 aromatic heterocycles. The highest BCUT2D eigenvalue weighted by atomic mass is 16.4. The molecule has 0 saturated carbocycles. The Bertz CT molecular complexity index is 248. The first kappa shape index (κ1) is 13.4. The van der Waals surface area contributed by atoms with Crippen LogP contribution in [0.1, 0.15) is 33.1 Å². The van der Waals surface area contributed by atoms with Gasteiger partial charge in [-0.2, -0.15) is 0 Å². The van der Waals surface area contributed by atoms with E-state index in [-0.39, 0.29) is 12.0 Å².